The van der Waals surface area contributed by atoms with Gasteiger partial charge in [-0.2, -0.15) is 0 Å². The molecule has 3 heteroatoms. The minimum atomic E-state index is 0.771. The van der Waals surface area contributed by atoms with Crippen LogP contribution in [0.25, 0.3) is 11.1 Å². The Morgan fingerprint density at radius 1 is 1.24 bits per heavy atom. The number of nitrogens with zero attached hydrogens (tertiary/aromatic N) is 1. The Labute approximate surface area is 102 Å². The largest absolute Gasteiger partial charge is 0.441 e. The molecule has 0 fully saturated rings. The summed E-state index contributed by atoms with van der Waals surface area (Å²) in [6.45, 7) is 2.92. The fourth-order valence-electron chi connectivity index (χ4n) is 1.94. The number of unbranched alkanes of at least 4 members (excludes halogenated alkanes) is 2. The van der Waals surface area contributed by atoms with Gasteiger partial charge in [-0.25, -0.2) is 4.98 Å². The van der Waals surface area contributed by atoms with Crippen LogP contribution in [-0.2, 0) is 12.8 Å². The smallest absolute Gasteiger partial charge is 0.195 e. The highest BCUT2D eigenvalue weighted by Crippen LogP contribution is 2.18. The van der Waals surface area contributed by atoms with Crippen molar-refractivity contribution in [1.29, 1.82) is 0 Å². The van der Waals surface area contributed by atoms with E-state index in [1.165, 1.54) is 5.56 Å². The molecule has 92 valence electrons. The fourth-order valence-corrected chi connectivity index (χ4v) is 1.94. The minimum absolute atomic E-state index is 0.771. The van der Waals surface area contributed by atoms with E-state index in [4.69, 9.17) is 10.2 Å². The van der Waals surface area contributed by atoms with E-state index in [1.807, 2.05) is 6.07 Å². The molecule has 2 rings (SSSR count). The number of fused-ring (bicyclic) bond motifs is 1. The van der Waals surface area contributed by atoms with Gasteiger partial charge in [0, 0.05) is 6.42 Å². The Bertz CT molecular complexity index is 476. The predicted octanol–water partition coefficient (Wildman–Crippen LogP) is 3.06. The zero-order chi connectivity index (χ0) is 12.1. The van der Waals surface area contributed by atoms with E-state index in [0.29, 0.717) is 0 Å². The van der Waals surface area contributed by atoms with Gasteiger partial charge in [0.1, 0.15) is 5.52 Å². The summed E-state index contributed by atoms with van der Waals surface area (Å²) in [7, 11) is 0. The van der Waals surface area contributed by atoms with Crippen LogP contribution in [0, 0.1) is 0 Å². The third-order valence-electron chi connectivity index (χ3n) is 3.00. The van der Waals surface area contributed by atoms with Gasteiger partial charge in [0.05, 0.1) is 0 Å². The molecule has 0 bridgehead atoms. The lowest BCUT2D eigenvalue weighted by atomic mass is 10.1. The van der Waals surface area contributed by atoms with Crippen molar-refractivity contribution < 1.29 is 4.42 Å². The first kappa shape index (κ1) is 12.1. The van der Waals surface area contributed by atoms with Gasteiger partial charge in [-0.15, -0.1) is 0 Å². The molecular formula is C14H20N2O. The highest BCUT2D eigenvalue weighted by molar-refractivity contribution is 5.73. The molecule has 0 aliphatic rings. The molecule has 0 amide bonds. The Morgan fingerprint density at radius 2 is 2.12 bits per heavy atom. The van der Waals surface area contributed by atoms with Gasteiger partial charge in [0.2, 0.25) is 0 Å². The highest BCUT2D eigenvalue weighted by Gasteiger charge is 2.05. The Kier molecular flexibility index (Phi) is 4.15. The maximum absolute atomic E-state index is 5.71. The quantitative estimate of drug-likeness (QED) is 0.779. The number of aromatic nitrogens is 1. The Hall–Kier alpha value is -1.35. The second-order valence-electron chi connectivity index (χ2n) is 4.36. The van der Waals surface area contributed by atoms with Crippen molar-refractivity contribution in [2.75, 3.05) is 6.54 Å². The van der Waals surface area contributed by atoms with E-state index in [9.17, 15) is 0 Å². The molecule has 0 aliphatic heterocycles. The van der Waals surface area contributed by atoms with E-state index < -0.39 is 0 Å². The highest BCUT2D eigenvalue weighted by atomic mass is 16.3. The summed E-state index contributed by atoms with van der Waals surface area (Å²) in [5.74, 6) is 0.852. The summed E-state index contributed by atoms with van der Waals surface area (Å²) in [6.07, 6.45) is 5.28. The first-order valence-corrected chi connectivity index (χ1v) is 6.42. The lowest BCUT2D eigenvalue weighted by molar-refractivity contribution is 0.511. The molecule has 0 spiro atoms. The van der Waals surface area contributed by atoms with Gasteiger partial charge in [-0.05, 0) is 43.5 Å². The summed E-state index contributed by atoms with van der Waals surface area (Å²) >= 11 is 0. The molecule has 0 saturated carbocycles. The van der Waals surface area contributed by atoms with Crippen molar-refractivity contribution >= 4 is 11.1 Å². The average molecular weight is 232 g/mol. The molecule has 2 N–H and O–H groups in total. The molecule has 0 radical (unpaired) electrons. The van der Waals surface area contributed by atoms with Crippen LogP contribution in [0.5, 0.6) is 0 Å². The number of aryl methyl sites for hydroxylation is 2. The second kappa shape index (κ2) is 5.82. The molecule has 0 unspecified atom stereocenters. The summed E-state index contributed by atoms with van der Waals surface area (Å²) in [4.78, 5) is 4.52. The first-order valence-electron chi connectivity index (χ1n) is 6.42. The zero-order valence-corrected chi connectivity index (χ0v) is 10.4. The van der Waals surface area contributed by atoms with Gasteiger partial charge in [0.25, 0.3) is 0 Å². The molecule has 17 heavy (non-hydrogen) atoms. The van der Waals surface area contributed by atoms with E-state index >= 15 is 0 Å². The molecule has 2 aromatic rings. The zero-order valence-electron chi connectivity index (χ0n) is 10.4. The van der Waals surface area contributed by atoms with Gasteiger partial charge >= 0.3 is 0 Å². The van der Waals surface area contributed by atoms with Gasteiger partial charge < -0.3 is 10.2 Å². The SMILES string of the molecule is CCc1ccc2oc(CCCCCN)nc2c1. The molecule has 0 aliphatic carbocycles. The first-order chi connectivity index (χ1) is 8.33. The summed E-state index contributed by atoms with van der Waals surface area (Å²) in [5, 5.41) is 0. The number of nitrogens with two attached hydrogens (primary N) is 1. The van der Waals surface area contributed by atoms with E-state index in [2.05, 4.69) is 24.0 Å². The summed E-state index contributed by atoms with van der Waals surface area (Å²) < 4.78 is 5.71. The van der Waals surface area contributed by atoms with Gasteiger partial charge in [0.15, 0.2) is 11.5 Å². The predicted molar refractivity (Wildman–Crippen MR) is 70.0 cm³/mol. The van der Waals surface area contributed by atoms with Crippen LogP contribution in [-0.4, -0.2) is 11.5 Å². The second-order valence-corrected chi connectivity index (χ2v) is 4.36. The molecule has 0 saturated heterocycles. The standard InChI is InChI=1S/C14H20N2O/c1-2-11-7-8-13-12(10-11)16-14(17-13)6-4-3-5-9-15/h7-8,10H,2-6,9,15H2,1H3. The van der Waals surface area contributed by atoms with Crippen LogP contribution in [0.15, 0.2) is 22.6 Å². The van der Waals surface area contributed by atoms with E-state index in [1.54, 1.807) is 0 Å². The Balaban J connectivity index is 2.04. The van der Waals surface area contributed by atoms with Crippen molar-refractivity contribution in [3.8, 4) is 0 Å². The molecule has 1 heterocycles. The van der Waals surface area contributed by atoms with Crippen molar-refractivity contribution in [3.05, 3.63) is 29.7 Å². The van der Waals surface area contributed by atoms with Crippen LogP contribution >= 0.6 is 0 Å². The molecule has 0 atom stereocenters. The lowest BCUT2D eigenvalue weighted by Crippen LogP contribution is -1.98. The minimum Gasteiger partial charge on any atom is -0.441 e. The van der Waals surface area contributed by atoms with Crippen LogP contribution in [0.4, 0.5) is 0 Å². The molecule has 1 aromatic heterocycles. The fraction of sp³-hybridized carbons (Fsp3) is 0.500. The number of rotatable bonds is 6. The number of oxazole rings is 1. The van der Waals surface area contributed by atoms with Crippen molar-refractivity contribution in [3.63, 3.8) is 0 Å². The maximum Gasteiger partial charge on any atom is 0.195 e. The van der Waals surface area contributed by atoms with Gasteiger partial charge in [-0.3, -0.25) is 0 Å². The molecule has 1 aromatic carbocycles. The molecule has 3 nitrogen and oxygen atoms in total. The number of hydrogen-bond acceptors (Lipinski definition) is 3. The van der Waals surface area contributed by atoms with Crippen molar-refractivity contribution in [1.82, 2.24) is 4.98 Å². The van der Waals surface area contributed by atoms with E-state index in [-0.39, 0.29) is 0 Å². The van der Waals surface area contributed by atoms with E-state index in [0.717, 1.165) is 55.6 Å². The van der Waals surface area contributed by atoms with Crippen LogP contribution < -0.4 is 5.73 Å². The maximum atomic E-state index is 5.71. The third-order valence-corrected chi connectivity index (χ3v) is 3.00. The lowest BCUT2D eigenvalue weighted by Gasteiger charge is -1.94. The Morgan fingerprint density at radius 3 is 2.88 bits per heavy atom. The van der Waals surface area contributed by atoms with Crippen LogP contribution in [0.2, 0.25) is 0 Å². The number of hydrogen-bond donors (Lipinski definition) is 1. The average Bonchev–Trinajstić information content (AvgIpc) is 2.76. The summed E-state index contributed by atoms with van der Waals surface area (Å²) in [5.41, 5.74) is 8.65. The van der Waals surface area contributed by atoms with Crippen molar-refractivity contribution in [2.45, 2.75) is 39.0 Å². The topological polar surface area (TPSA) is 52.0 Å². The monoisotopic (exact) mass is 232 g/mol. The third kappa shape index (κ3) is 3.07. The molecular weight excluding hydrogens is 212 g/mol. The normalized spacial score (nSPS) is 11.2. The van der Waals surface area contributed by atoms with Crippen LogP contribution in [0.1, 0.15) is 37.6 Å². The summed E-state index contributed by atoms with van der Waals surface area (Å²) in [6, 6.07) is 6.23. The van der Waals surface area contributed by atoms with Crippen molar-refractivity contribution in [2.24, 2.45) is 5.73 Å². The van der Waals surface area contributed by atoms with Crippen LogP contribution in [0.3, 0.4) is 0 Å². The number of benzene rings is 1. The van der Waals surface area contributed by atoms with Gasteiger partial charge in [-0.1, -0.05) is 19.4 Å².